The van der Waals surface area contributed by atoms with E-state index < -0.39 is 0 Å². The summed E-state index contributed by atoms with van der Waals surface area (Å²) in [6, 6.07) is 2.07. The summed E-state index contributed by atoms with van der Waals surface area (Å²) in [5.74, 6) is 1.28. The lowest BCUT2D eigenvalue weighted by molar-refractivity contribution is 0.776. The van der Waals surface area contributed by atoms with Crippen molar-refractivity contribution in [3.05, 3.63) is 45.7 Å². The van der Waals surface area contributed by atoms with Gasteiger partial charge in [-0.05, 0) is 36.5 Å². The maximum atomic E-state index is 4.62. The molecule has 132 valence electrons. The second-order valence-electron chi connectivity index (χ2n) is 5.73. The predicted molar refractivity (Wildman–Crippen MR) is 112 cm³/mol. The highest BCUT2D eigenvalue weighted by atomic mass is 127. The van der Waals surface area contributed by atoms with E-state index in [2.05, 4.69) is 57.8 Å². The number of nitrogens with zero attached hydrogens (tertiary/aromatic N) is 3. The van der Waals surface area contributed by atoms with Crippen LogP contribution in [0.5, 0.6) is 0 Å². The number of hydrogen-bond acceptors (Lipinski definition) is 4. The second-order valence-corrected chi connectivity index (χ2v) is 6.67. The molecule has 2 heterocycles. The monoisotopic (exact) mass is 459 g/mol. The van der Waals surface area contributed by atoms with Crippen LogP contribution in [0.15, 0.2) is 28.8 Å². The van der Waals surface area contributed by atoms with Gasteiger partial charge < -0.3 is 10.6 Å². The highest BCUT2D eigenvalue weighted by Gasteiger charge is 2.06. The van der Waals surface area contributed by atoms with Crippen molar-refractivity contribution in [2.75, 3.05) is 13.6 Å². The topological polar surface area (TPSA) is 62.2 Å². The van der Waals surface area contributed by atoms with Gasteiger partial charge in [0.1, 0.15) is 5.01 Å². The Balaban J connectivity index is 0.00000288. The number of halogens is 1. The largest absolute Gasteiger partial charge is 0.356 e. The molecular weight excluding hydrogens is 433 g/mol. The molecule has 0 saturated heterocycles. The number of aryl methyl sites for hydroxylation is 1. The average molecular weight is 459 g/mol. The van der Waals surface area contributed by atoms with Gasteiger partial charge >= 0.3 is 0 Å². The van der Waals surface area contributed by atoms with Crippen molar-refractivity contribution in [1.82, 2.24) is 20.6 Å². The van der Waals surface area contributed by atoms with Gasteiger partial charge in [0, 0.05) is 31.4 Å². The summed E-state index contributed by atoms with van der Waals surface area (Å²) in [6.07, 6.45) is 4.69. The van der Waals surface area contributed by atoms with Gasteiger partial charge in [-0.25, -0.2) is 4.98 Å². The summed E-state index contributed by atoms with van der Waals surface area (Å²) >= 11 is 1.69. The van der Waals surface area contributed by atoms with Crippen LogP contribution in [0.4, 0.5) is 0 Å². The van der Waals surface area contributed by atoms with Crippen molar-refractivity contribution >= 4 is 41.3 Å². The van der Waals surface area contributed by atoms with E-state index in [4.69, 9.17) is 0 Å². The molecule has 2 aromatic rings. The molecule has 7 heteroatoms. The zero-order chi connectivity index (χ0) is 16.7. The SMILES string of the molecule is CN=C(NCCc1ccncc1C)NCc1nc(C(C)C)cs1.I. The molecule has 24 heavy (non-hydrogen) atoms. The van der Waals surface area contributed by atoms with Crippen LogP contribution < -0.4 is 10.6 Å². The zero-order valence-corrected chi connectivity index (χ0v) is 17.8. The van der Waals surface area contributed by atoms with Crippen LogP contribution in [0.3, 0.4) is 0 Å². The molecule has 2 rings (SSSR count). The Kier molecular flexibility index (Phi) is 9.20. The van der Waals surface area contributed by atoms with Gasteiger partial charge in [-0.3, -0.25) is 9.98 Å². The first-order valence-corrected chi connectivity index (χ1v) is 8.76. The van der Waals surface area contributed by atoms with Crippen LogP contribution >= 0.6 is 35.3 Å². The van der Waals surface area contributed by atoms with Crippen molar-refractivity contribution in [3.63, 3.8) is 0 Å². The Morgan fingerprint density at radius 1 is 1.33 bits per heavy atom. The fraction of sp³-hybridized carbons (Fsp3) is 0.471. The van der Waals surface area contributed by atoms with Gasteiger partial charge in [0.2, 0.25) is 0 Å². The highest BCUT2D eigenvalue weighted by molar-refractivity contribution is 14.0. The first-order valence-electron chi connectivity index (χ1n) is 7.88. The van der Waals surface area contributed by atoms with Gasteiger partial charge in [-0.15, -0.1) is 35.3 Å². The minimum Gasteiger partial charge on any atom is -0.356 e. The van der Waals surface area contributed by atoms with Gasteiger partial charge in [-0.1, -0.05) is 13.8 Å². The molecule has 2 aromatic heterocycles. The van der Waals surface area contributed by atoms with Crippen molar-refractivity contribution in [1.29, 1.82) is 0 Å². The van der Waals surface area contributed by atoms with Crippen LogP contribution in [0.1, 0.15) is 41.6 Å². The first kappa shape index (κ1) is 20.8. The Morgan fingerprint density at radius 3 is 2.75 bits per heavy atom. The molecule has 0 fully saturated rings. The lowest BCUT2D eigenvalue weighted by Gasteiger charge is -2.11. The summed E-state index contributed by atoms with van der Waals surface area (Å²) in [6.45, 7) is 7.94. The van der Waals surface area contributed by atoms with Crippen LogP contribution in [0.2, 0.25) is 0 Å². The Morgan fingerprint density at radius 2 is 2.12 bits per heavy atom. The van der Waals surface area contributed by atoms with Gasteiger partial charge in [-0.2, -0.15) is 0 Å². The number of aliphatic imine (C=N–C) groups is 1. The number of guanidine groups is 1. The molecular formula is C17H26IN5S. The highest BCUT2D eigenvalue weighted by Crippen LogP contribution is 2.17. The second kappa shape index (κ2) is 10.6. The van der Waals surface area contributed by atoms with Crippen molar-refractivity contribution in [2.24, 2.45) is 4.99 Å². The number of thiazole rings is 1. The summed E-state index contributed by atoms with van der Waals surface area (Å²) in [5.41, 5.74) is 3.69. The summed E-state index contributed by atoms with van der Waals surface area (Å²) in [7, 11) is 1.79. The van der Waals surface area contributed by atoms with E-state index >= 15 is 0 Å². The van der Waals surface area contributed by atoms with Gasteiger partial charge in [0.25, 0.3) is 0 Å². The van der Waals surface area contributed by atoms with E-state index in [-0.39, 0.29) is 24.0 Å². The number of pyridine rings is 1. The Bertz CT molecular complexity index is 654. The Hall–Kier alpha value is -1.22. The van der Waals surface area contributed by atoms with Crippen molar-refractivity contribution < 1.29 is 0 Å². The third-order valence-electron chi connectivity index (χ3n) is 3.61. The van der Waals surface area contributed by atoms with Crippen molar-refractivity contribution in [2.45, 2.75) is 39.7 Å². The molecule has 0 amide bonds. The smallest absolute Gasteiger partial charge is 0.191 e. The molecule has 0 aliphatic carbocycles. The fourth-order valence-electron chi connectivity index (χ4n) is 2.15. The van der Waals surface area contributed by atoms with E-state index in [1.165, 1.54) is 11.1 Å². The van der Waals surface area contributed by atoms with Gasteiger partial charge in [0.15, 0.2) is 5.96 Å². The van der Waals surface area contributed by atoms with E-state index in [1.54, 1.807) is 18.4 Å². The molecule has 0 spiro atoms. The molecule has 0 bridgehead atoms. The third kappa shape index (κ3) is 6.35. The summed E-state index contributed by atoms with van der Waals surface area (Å²) in [4.78, 5) is 13.0. The van der Waals surface area contributed by atoms with E-state index in [9.17, 15) is 0 Å². The summed E-state index contributed by atoms with van der Waals surface area (Å²) < 4.78 is 0. The van der Waals surface area contributed by atoms with Crippen molar-refractivity contribution in [3.8, 4) is 0 Å². The van der Waals surface area contributed by atoms with E-state index in [0.29, 0.717) is 12.5 Å². The van der Waals surface area contributed by atoms with Crippen LogP contribution in [-0.4, -0.2) is 29.5 Å². The molecule has 0 saturated carbocycles. The number of rotatable bonds is 6. The normalized spacial score (nSPS) is 11.3. The standard InChI is InChI=1S/C17H25N5S.HI/c1-12(2)15-11-23-16(22-15)10-21-17(18-4)20-8-6-14-5-7-19-9-13(14)3;/h5,7,9,11-12H,6,8,10H2,1-4H3,(H2,18,20,21);1H. The minimum atomic E-state index is 0. The molecule has 2 N–H and O–H groups in total. The van der Waals surface area contributed by atoms with Crippen LogP contribution in [0.25, 0.3) is 0 Å². The van der Waals surface area contributed by atoms with Gasteiger partial charge in [0.05, 0.1) is 12.2 Å². The quantitative estimate of drug-likeness (QED) is 0.395. The molecule has 0 aliphatic rings. The number of aromatic nitrogens is 2. The predicted octanol–water partition coefficient (Wildman–Crippen LogP) is 3.50. The molecule has 0 unspecified atom stereocenters. The molecule has 0 atom stereocenters. The lowest BCUT2D eigenvalue weighted by Crippen LogP contribution is -2.37. The maximum Gasteiger partial charge on any atom is 0.191 e. The van der Waals surface area contributed by atoms with E-state index in [1.807, 2.05) is 12.4 Å². The Labute approximate surface area is 165 Å². The average Bonchev–Trinajstić information content (AvgIpc) is 3.01. The summed E-state index contributed by atoms with van der Waals surface area (Å²) in [5, 5.41) is 9.87. The molecule has 0 radical (unpaired) electrons. The lowest BCUT2D eigenvalue weighted by atomic mass is 10.1. The van der Waals surface area contributed by atoms with E-state index in [0.717, 1.165) is 29.6 Å². The molecule has 0 aromatic carbocycles. The minimum absolute atomic E-state index is 0. The third-order valence-corrected chi connectivity index (χ3v) is 4.48. The molecule has 0 aliphatic heterocycles. The maximum absolute atomic E-state index is 4.62. The van der Waals surface area contributed by atoms with Crippen LogP contribution in [0, 0.1) is 6.92 Å². The number of hydrogen-bond donors (Lipinski definition) is 2. The van der Waals surface area contributed by atoms with Crippen LogP contribution in [-0.2, 0) is 13.0 Å². The molecule has 5 nitrogen and oxygen atoms in total. The fourth-order valence-corrected chi connectivity index (χ4v) is 3.04. The zero-order valence-electron chi connectivity index (χ0n) is 14.7. The number of nitrogens with one attached hydrogen (secondary N) is 2. The first-order chi connectivity index (χ1) is 11.1.